The zero-order chi connectivity index (χ0) is 14.6. The van der Waals surface area contributed by atoms with Gasteiger partial charge < -0.3 is 4.74 Å². The van der Waals surface area contributed by atoms with Crippen LogP contribution >= 0.6 is 0 Å². The molecule has 1 N–H and O–H groups in total. The first kappa shape index (κ1) is 15.6. The summed E-state index contributed by atoms with van der Waals surface area (Å²) >= 11 is 0. The number of nitrogens with zero attached hydrogens (tertiary/aromatic N) is 1. The molecule has 1 saturated heterocycles. The smallest absolute Gasteiger partial charge is 0.305 e. The number of rotatable bonds is 5. The van der Waals surface area contributed by atoms with Crippen LogP contribution in [-0.4, -0.2) is 56.0 Å². The number of ether oxygens (including phenoxy) is 1. The predicted octanol–water partition coefficient (Wildman–Crippen LogP) is -1.38. The van der Waals surface area contributed by atoms with Crippen molar-refractivity contribution in [3.05, 3.63) is 0 Å². The highest BCUT2D eigenvalue weighted by Crippen LogP contribution is 2.13. The summed E-state index contributed by atoms with van der Waals surface area (Å²) < 4.78 is 29.2. The van der Waals surface area contributed by atoms with Gasteiger partial charge >= 0.3 is 5.97 Å². The van der Waals surface area contributed by atoms with Crippen molar-refractivity contribution in [3.8, 4) is 0 Å². The molecular weight excluding hydrogens is 276 g/mol. The van der Waals surface area contributed by atoms with Gasteiger partial charge in [0.2, 0.25) is 21.8 Å². The number of carbonyl (C=O) groups excluding carboxylic acids is 3. The lowest BCUT2D eigenvalue weighted by molar-refractivity contribution is -0.141. The van der Waals surface area contributed by atoms with Gasteiger partial charge in [-0.2, -0.15) is 4.31 Å². The molecular formula is C10H16N2O6S. The molecule has 1 unspecified atom stereocenters. The van der Waals surface area contributed by atoms with E-state index in [1.165, 1.54) is 14.0 Å². The second kappa shape index (κ2) is 6.11. The highest BCUT2D eigenvalue weighted by Gasteiger charge is 2.37. The largest absolute Gasteiger partial charge is 0.469 e. The number of nitrogens with one attached hydrogen (secondary N) is 1. The van der Waals surface area contributed by atoms with Crippen LogP contribution < -0.4 is 5.32 Å². The normalized spacial score (nSPS) is 21.1. The molecule has 0 saturated carbocycles. The van der Waals surface area contributed by atoms with Crippen molar-refractivity contribution < 1.29 is 27.5 Å². The maximum absolute atomic E-state index is 12.0. The van der Waals surface area contributed by atoms with Gasteiger partial charge in [-0.1, -0.05) is 0 Å². The summed E-state index contributed by atoms with van der Waals surface area (Å²) in [6.45, 7) is 1.02. The predicted molar refractivity (Wildman–Crippen MR) is 64.4 cm³/mol. The summed E-state index contributed by atoms with van der Waals surface area (Å²) in [4.78, 5) is 33.5. The van der Waals surface area contributed by atoms with Crippen LogP contribution in [0.15, 0.2) is 0 Å². The van der Waals surface area contributed by atoms with Gasteiger partial charge in [0.25, 0.3) is 0 Å². The number of amides is 2. The first-order valence-electron chi connectivity index (χ1n) is 5.68. The topological polar surface area (TPSA) is 110 Å². The molecule has 0 spiro atoms. The summed E-state index contributed by atoms with van der Waals surface area (Å²) in [6, 6.07) is -0.930. The molecule has 0 radical (unpaired) electrons. The fourth-order valence-electron chi connectivity index (χ4n) is 1.65. The molecule has 1 aliphatic rings. The van der Waals surface area contributed by atoms with E-state index in [1.54, 1.807) is 0 Å². The summed E-state index contributed by atoms with van der Waals surface area (Å²) in [7, 11) is -2.54. The lowest BCUT2D eigenvalue weighted by Crippen LogP contribution is -2.58. The molecule has 2 amide bonds. The summed E-state index contributed by atoms with van der Waals surface area (Å²) in [5.74, 6) is -2.12. The van der Waals surface area contributed by atoms with Crippen molar-refractivity contribution in [2.75, 3.05) is 19.4 Å². The number of carbonyl (C=O) groups is 3. The Bertz CT molecular complexity index is 486. The molecule has 19 heavy (non-hydrogen) atoms. The van der Waals surface area contributed by atoms with Crippen LogP contribution in [0.25, 0.3) is 0 Å². The molecule has 108 valence electrons. The Morgan fingerprint density at radius 2 is 2.11 bits per heavy atom. The van der Waals surface area contributed by atoms with Gasteiger partial charge in [-0.05, 0) is 13.3 Å². The maximum atomic E-state index is 12.0. The summed E-state index contributed by atoms with van der Waals surface area (Å²) in [5.41, 5.74) is 0. The number of sulfonamides is 1. The minimum Gasteiger partial charge on any atom is -0.469 e. The number of esters is 1. The standard InChI is InChI=1S/C10H16N2O6S/c1-7-10(15)11-8(13)6-12(7)19(16,17)5-3-4-9(14)18-2/h7H,3-6H2,1-2H3,(H,11,13,15). The molecule has 1 rings (SSSR count). The van der Waals surface area contributed by atoms with Crippen molar-refractivity contribution in [2.45, 2.75) is 25.8 Å². The second-order valence-electron chi connectivity index (χ2n) is 4.13. The Hall–Kier alpha value is -1.48. The third-order valence-electron chi connectivity index (χ3n) is 2.74. The van der Waals surface area contributed by atoms with Crippen LogP contribution in [0, 0.1) is 0 Å². The van der Waals surface area contributed by atoms with Crippen LogP contribution in [0.4, 0.5) is 0 Å². The summed E-state index contributed by atoms with van der Waals surface area (Å²) in [6.07, 6.45) is 0.0477. The van der Waals surface area contributed by atoms with E-state index < -0.39 is 33.8 Å². The summed E-state index contributed by atoms with van der Waals surface area (Å²) in [5, 5.41) is 2.06. The molecule has 8 nitrogen and oxygen atoms in total. The average molecular weight is 292 g/mol. The first-order chi connectivity index (χ1) is 8.77. The average Bonchev–Trinajstić information content (AvgIpc) is 2.33. The number of piperazine rings is 1. The van der Waals surface area contributed by atoms with Crippen LogP contribution in [0.3, 0.4) is 0 Å². The number of hydrogen-bond acceptors (Lipinski definition) is 6. The van der Waals surface area contributed by atoms with Crippen LogP contribution in [0.5, 0.6) is 0 Å². The van der Waals surface area contributed by atoms with Gasteiger partial charge in [0.1, 0.15) is 6.04 Å². The molecule has 0 aromatic heterocycles. The number of imide groups is 1. The van der Waals surface area contributed by atoms with E-state index in [1.807, 2.05) is 0 Å². The van der Waals surface area contributed by atoms with Gasteiger partial charge in [-0.25, -0.2) is 8.42 Å². The Morgan fingerprint density at radius 1 is 1.47 bits per heavy atom. The maximum Gasteiger partial charge on any atom is 0.305 e. The van der Waals surface area contributed by atoms with Gasteiger partial charge in [-0.3, -0.25) is 19.7 Å². The van der Waals surface area contributed by atoms with Crippen LogP contribution in [0.1, 0.15) is 19.8 Å². The van der Waals surface area contributed by atoms with Gasteiger partial charge in [0, 0.05) is 6.42 Å². The van der Waals surface area contributed by atoms with E-state index >= 15 is 0 Å². The Morgan fingerprint density at radius 3 is 2.68 bits per heavy atom. The van der Waals surface area contributed by atoms with E-state index in [9.17, 15) is 22.8 Å². The Kier molecular flexibility index (Phi) is 5.01. The van der Waals surface area contributed by atoms with Crippen molar-refractivity contribution >= 4 is 27.8 Å². The molecule has 1 atom stereocenters. The number of hydrogen-bond donors (Lipinski definition) is 1. The molecule has 1 fully saturated rings. The minimum atomic E-state index is -3.76. The fourth-order valence-corrected chi connectivity index (χ4v) is 3.28. The molecule has 0 bridgehead atoms. The van der Waals surface area contributed by atoms with E-state index in [0.717, 1.165) is 4.31 Å². The fraction of sp³-hybridized carbons (Fsp3) is 0.700. The van der Waals surface area contributed by atoms with Crippen LogP contribution in [-0.2, 0) is 29.1 Å². The van der Waals surface area contributed by atoms with E-state index in [4.69, 9.17) is 0 Å². The second-order valence-corrected chi connectivity index (χ2v) is 6.17. The molecule has 0 aliphatic carbocycles. The Balaban J connectivity index is 2.68. The van der Waals surface area contributed by atoms with Crippen molar-refractivity contribution in [2.24, 2.45) is 0 Å². The minimum absolute atomic E-state index is 0.0297. The third-order valence-corrected chi connectivity index (χ3v) is 4.71. The van der Waals surface area contributed by atoms with Crippen LogP contribution in [0.2, 0.25) is 0 Å². The van der Waals surface area contributed by atoms with Crippen molar-refractivity contribution in [1.82, 2.24) is 9.62 Å². The lowest BCUT2D eigenvalue weighted by Gasteiger charge is -2.30. The molecule has 1 aliphatic heterocycles. The zero-order valence-electron chi connectivity index (χ0n) is 10.7. The van der Waals surface area contributed by atoms with Crippen molar-refractivity contribution in [3.63, 3.8) is 0 Å². The molecule has 9 heteroatoms. The quantitative estimate of drug-likeness (QED) is 0.494. The molecule has 0 aromatic carbocycles. The highest BCUT2D eigenvalue weighted by molar-refractivity contribution is 7.89. The Labute approximate surface area is 111 Å². The SMILES string of the molecule is COC(=O)CCCS(=O)(=O)N1CC(=O)NC(=O)C1C. The number of methoxy groups -OCH3 is 1. The monoisotopic (exact) mass is 292 g/mol. The molecule has 1 heterocycles. The van der Waals surface area contributed by atoms with Gasteiger partial charge in [0.05, 0.1) is 19.4 Å². The first-order valence-corrected chi connectivity index (χ1v) is 7.29. The van der Waals surface area contributed by atoms with Gasteiger partial charge in [0.15, 0.2) is 0 Å². The molecule has 0 aromatic rings. The highest BCUT2D eigenvalue weighted by atomic mass is 32.2. The van der Waals surface area contributed by atoms with Crippen molar-refractivity contribution in [1.29, 1.82) is 0 Å². The third kappa shape index (κ3) is 4.00. The van der Waals surface area contributed by atoms with Gasteiger partial charge in [-0.15, -0.1) is 0 Å². The zero-order valence-corrected chi connectivity index (χ0v) is 11.5. The van der Waals surface area contributed by atoms with E-state index in [2.05, 4.69) is 10.1 Å². The lowest BCUT2D eigenvalue weighted by atomic mass is 10.2. The van der Waals surface area contributed by atoms with E-state index in [-0.39, 0.29) is 25.1 Å². The van der Waals surface area contributed by atoms with E-state index in [0.29, 0.717) is 0 Å².